The van der Waals surface area contributed by atoms with Crippen LogP contribution in [-0.4, -0.2) is 35.2 Å². The van der Waals surface area contributed by atoms with Gasteiger partial charge in [0, 0.05) is 23.4 Å². The minimum absolute atomic E-state index is 0.0524. The number of methoxy groups -OCH3 is 1. The molecule has 4 nitrogen and oxygen atoms in total. The summed E-state index contributed by atoms with van der Waals surface area (Å²) in [5.74, 6) is -0.721. The van der Waals surface area contributed by atoms with E-state index in [1.165, 1.54) is 13.2 Å². The zero-order chi connectivity index (χ0) is 21.1. The van der Waals surface area contributed by atoms with Gasteiger partial charge in [-0.1, -0.05) is 43.2 Å². The number of thioether (sulfide) groups is 1. The summed E-state index contributed by atoms with van der Waals surface area (Å²) < 4.78 is 19.0. The van der Waals surface area contributed by atoms with E-state index in [9.17, 15) is 14.0 Å². The van der Waals surface area contributed by atoms with Crippen molar-refractivity contribution in [3.8, 4) is 0 Å². The fourth-order valence-electron chi connectivity index (χ4n) is 4.16. The van der Waals surface area contributed by atoms with E-state index in [0.717, 1.165) is 31.2 Å². The number of ether oxygens (including phenoxy) is 1. The molecule has 2 atom stereocenters. The van der Waals surface area contributed by atoms with Crippen molar-refractivity contribution >= 4 is 29.7 Å². The molecule has 1 amide bonds. The third-order valence-corrected chi connectivity index (χ3v) is 7.15. The van der Waals surface area contributed by atoms with Gasteiger partial charge in [0.25, 0.3) is 5.91 Å². The standard InChI is InChI=1S/C24H24FNO3S/c1-29-24(28)17-12-10-16(11-13-17)14-22-23(27)26(15-18-6-2-3-7-19(18)25)20-8-4-5-9-21(20)30-22/h2-3,6-7,10-14,20-21H,4-5,8-9,15H2,1H3/b22-14+. The lowest BCUT2D eigenvalue weighted by atomic mass is 9.92. The summed E-state index contributed by atoms with van der Waals surface area (Å²) in [4.78, 5) is 27.5. The molecule has 0 aromatic heterocycles. The first-order valence-electron chi connectivity index (χ1n) is 10.2. The number of hydrogen-bond donors (Lipinski definition) is 0. The van der Waals surface area contributed by atoms with Crippen LogP contribution in [-0.2, 0) is 16.1 Å². The van der Waals surface area contributed by atoms with Crippen LogP contribution >= 0.6 is 11.8 Å². The fraction of sp³-hybridized carbons (Fsp3) is 0.333. The average molecular weight is 426 g/mol. The molecule has 1 heterocycles. The third kappa shape index (κ3) is 4.29. The molecule has 1 aliphatic carbocycles. The summed E-state index contributed by atoms with van der Waals surface area (Å²) in [6.07, 6.45) is 6.12. The number of carbonyl (C=O) groups is 2. The van der Waals surface area contributed by atoms with Gasteiger partial charge in [-0.25, -0.2) is 9.18 Å². The Morgan fingerprint density at radius 2 is 1.90 bits per heavy atom. The Hall–Kier alpha value is -2.60. The Balaban J connectivity index is 1.62. The summed E-state index contributed by atoms with van der Waals surface area (Å²) in [5.41, 5.74) is 1.86. The van der Waals surface area contributed by atoms with Gasteiger partial charge in [0.2, 0.25) is 0 Å². The van der Waals surface area contributed by atoms with Crippen molar-refractivity contribution in [3.63, 3.8) is 0 Å². The Bertz CT molecular complexity index is 973. The largest absolute Gasteiger partial charge is 0.465 e. The second-order valence-corrected chi connectivity index (χ2v) is 8.94. The normalized spacial score (nSPS) is 22.7. The molecule has 2 fully saturated rings. The van der Waals surface area contributed by atoms with Crippen molar-refractivity contribution in [2.75, 3.05) is 7.11 Å². The highest BCUT2D eigenvalue weighted by atomic mass is 32.2. The quantitative estimate of drug-likeness (QED) is 0.509. The zero-order valence-electron chi connectivity index (χ0n) is 16.8. The van der Waals surface area contributed by atoms with Crippen molar-refractivity contribution < 1.29 is 18.7 Å². The maximum Gasteiger partial charge on any atom is 0.337 e. The van der Waals surface area contributed by atoms with Crippen LogP contribution in [0, 0.1) is 5.82 Å². The first-order chi connectivity index (χ1) is 14.6. The molecule has 2 aromatic rings. The minimum Gasteiger partial charge on any atom is -0.465 e. The van der Waals surface area contributed by atoms with E-state index in [1.807, 2.05) is 11.0 Å². The third-order valence-electron chi connectivity index (χ3n) is 5.75. The lowest BCUT2D eigenvalue weighted by Gasteiger charge is -2.44. The van der Waals surface area contributed by atoms with Crippen LogP contribution in [0.5, 0.6) is 0 Å². The number of carbonyl (C=O) groups excluding carboxylic acids is 2. The number of nitrogens with zero attached hydrogens (tertiary/aromatic N) is 1. The molecule has 2 unspecified atom stereocenters. The maximum absolute atomic E-state index is 14.3. The molecule has 0 bridgehead atoms. The monoisotopic (exact) mass is 425 g/mol. The molecule has 1 saturated carbocycles. The Labute approximate surface area is 180 Å². The van der Waals surface area contributed by atoms with Crippen molar-refractivity contribution in [3.05, 3.63) is 75.9 Å². The van der Waals surface area contributed by atoms with Gasteiger partial charge in [-0.2, -0.15) is 0 Å². The average Bonchev–Trinajstić information content (AvgIpc) is 2.78. The van der Waals surface area contributed by atoms with Gasteiger partial charge >= 0.3 is 5.97 Å². The second-order valence-electron chi connectivity index (χ2n) is 7.65. The molecule has 1 aliphatic heterocycles. The lowest BCUT2D eigenvalue weighted by Crippen LogP contribution is -2.50. The molecule has 6 heteroatoms. The van der Waals surface area contributed by atoms with Gasteiger partial charge in [0.15, 0.2) is 0 Å². The van der Waals surface area contributed by atoms with E-state index in [1.54, 1.807) is 54.2 Å². The van der Waals surface area contributed by atoms with Crippen LogP contribution in [0.15, 0.2) is 53.4 Å². The molecule has 156 valence electrons. The topological polar surface area (TPSA) is 46.6 Å². The van der Waals surface area contributed by atoms with Gasteiger partial charge in [-0.05, 0) is 42.7 Å². The van der Waals surface area contributed by atoms with Gasteiger partial charge in [-0.15, -0.1) is 11.8 Å². The van der Waals surface area contributed by atoms with Crippen molar-refractivity contribution in [1.82, 2.24) is 4.90 Å². The summed E-state index contributed by atoms with van der Waals surface area (Å²) in [6.45, 7) is 0.284. The first-order valence-corrected chi connectivity index (χ1v) is 11.1. The van der Waals surface area contributed by atoms with Crippen molar-refractivity contribution in [1.29, 1.82) is 0 Å². The molecule has 2 aromatic carbocycles. The number of benzene rings is 2. The second kappa shape index (κ2) is 9.04. The summed E-state index contributed by atoms with van der Waals surface area (Å²) in [5, 5.41) is 0.323. The highest BCUT2D eigenvalue weighted by Crippen LogP contribution is 2.42. The van der Waals surface area contributed by atoms with Gasteiger partial charge in [0.05, 0.1) is 17.6 Å². The number of esters is 1. The number of fused-ring (bicyclic) bond motifs is 1. The predicted octanol–water partition coefficient (Wildman–Crippen LogP) is 5.04. The Kier molecular flexibility index (Phi) is 6.23. The SMILES string of the molecule is COC(=O)c1ccc(/C=C2/SC3CCCCC3N(Cc3ccccc3F)C2=O)cc1. The Morgan fingerprint density at radius 1 is 1.17 bits per heavy atom. The van der Waals surface area contributed by atoms with E-state index in [-0.39, 0.29) is 24.3 Å². The molecule has 0 radical (unpaired) electrons. The summed E-state index contributed by atoms with van der Waals surface area (Å²) in [7, 11) is 1.35. The van der Waals surface area contributed by atoms with E-state index in [4.69, 9.17) is 4.74 Å². The molecular formula is C24H24FNO3S. The van der Waals surface area contributed by atoms with Crippen LogP contribution in [0.1, 0.15) is 47.2 Å². The van der Waals surface area contributed by atoms with Crippen LogP contribution < -0.4 is 0 Å². The molecule has 2 aliphatic rings. The van der Waals surface area contributed by atoms with E-state index < -0.39 is 5.97 Å². The van der Waals surface area contributed by atoms with Gasteiger partial charge in [-0.3, -0.25) is 4.79 Å². The summed E-state index contributed by atoms with van der Waals surface area (Å²) in [6, 6.07) is 13.8. The molecule has 0 N–H and O–H groups in total. The lowest BCUT2D eigenvalue weighted by molar-refractivity contribution is -0.130. The molecule has 30 heavy (non-hydrogen) atoms. The summed E-state index contributed by atoms with van der Waals surface area (Å²) >= 11 is 1.64. The van der Waals surface area contributed by atoms with Gasteiger partial charge < -0.3 is 9.64 Å². The predicted molar refractivity (Wildman–Crippen MR) is 116 cm³/mol. The maximum atomic E-state index is 14.3. The number of halogens is 1. The molecule has 4 rings (SSSR count). The highest BCUT2D eigenvalue weighted by Gasteiger charge is 2.40. The molecule has 1 saturated heterocycles. The van der Waals surface area contributed by atoms with E-state index in [0.29, 0.717) is 21.3 Å². The van der Waals surface area contributed by atoms with Crippen molar-refractivity contribution in [2.45, 2.75) is 43.5 Å². The highest BCUT2D eigenvalue weighted by molar-refractivity contribution is 8.04. The minimum atomic E-state index is -0.390. The van der Waals surface area contributed by atoms with E-state index in [2.05, 4.69) is 0 Å². The van der Waals surface area contributed by atoms with Crippen LogP contribution in [0.2, 0.25) is 0 Å². The molecular weight excluding hydrogens is 401 g/mol. The fourth-order valence-corrected chi connectivity index (χ4v) is 5.63. The van der Waals surface area contributed by atoms with Crippen molar-refractivity contribution in [2.24, 2.45) is 0 Å². The van der Waals surface area contributed by atoms with Crippen LogP contribution in [0.4, 0.5) is 4.39 Å². The first kappa shape index (κ1) is 20.7. The molecule has 0 spiro atoms. The number of rotatable bonds is 4. The van der Waals surface area contributed by atoms with Crippen LogP contribution in [0.25, 0.3) is 6.08 Å². The van der Waals surface area contributed by atoms with Gasteiger partial charge in [0.1, 0.15) is 5.82 Å². The smallest absolute Gasteiger partial charge is 0.337 e. The van der Waals surface area contributed by atoms with Crippen LogP contribution in [0.3, 0.4) is 0 Å². The van der Waals surface area contributed by atoms with E-state index >= 15 is 0 Å². The Morgan fingerprint density at radius 3 is 2.63 bits per heavy atom. The number of hydrogen-bond acceptors (Lipinski definition) is 4. The zero-order valence-corrected chi connectivity index (χ0v) is 17.7. The number of amides is 1.